The van der Waals surface area contributed by atoms with Crippen LogP contribution in [0.25, 0.3) is 0 Å². The van der Waals surface area contributed by atoms with Crippen LogP contribution in [0.1, 0.15) is 27.6 Å². The monoisotopic (exact) mass is 424 g/mol. The molecule has 30 heavy (non-hydrogen) atoms. The first-order chi connectivity index (χ1) is 14.4. The van der Waals surface area contributed by atoms with Crippen LogP contribution in [0.15, 0.2) is 83.8 Å². The molecular formula is C22H20N2O5S. The van der Waals surface area contributed by atoms with Crippen LogP contribution in [0.2, 0.25) is 0 Å². The summed E-state index contributed by atoms with van der Waals surface area (Å²) in [4.78, 5) is 25.1. The lowest BCUT2D eigenvalue weighted by Crippen LogP contribution is -2.19. The van der Waals surface area contributed by atoms with Gasteiger partial charge in [0.05, 0.1) is 34.0 Å². The summed E-state index contributed by atoms with van der Waals surface area (Å²) in [5.41, 5.74) is 0.694. The number of ether oxygens (including phenoxy) is 1. The fourth-order valence-electron chi connectivity index (χ4n) is 2.74. The van der Waals surface area contributed by atoms with Gasteiger partial charge in [-0.25, -0.2) is 13.2 Å². The van der Waals surface area contributed by atoms with Crippen LogP contribution in [0.5, 0.6) is 0 Å². The van der Waals surface area contributed by atoms with Gasteiger partial charge < -0.3 is 10.1 Å². The molecule has 3 rings (SSSR count). The van der Waals surface area contributed by atoms with E-state index in [0.29, 0.717) is 0 Å². The van der Waals surface area contributed by atoms with Crippen molar-refractivity contribution in [2.45, 2.75) is 11.8 Å². The van der Waals surface area contributed by atoms with Gasteiger partial charge in [-0.15, -0.1) is 0 Å². The molecule has 0 heterocycles. The molecule has 7 nitrogen and oxygen atoms in total. The predicted molar refractivity (Wildman–Crippen MR) is 114 cm³/mol. The topological polar surface area (TPSA) is 102 Å². The van der Waals surface area contributed by atoms with Gasteiger partial charge in [-0.2, -0.15) is 0 Å². The number of sulfonamides is 1. The molecule has 0 radical (unpaired) electrons. The van der Waals surface area contributed by atoms with Crippen molar-refractivity contribution in [3.05, 3.63) is 90.0 Å². The summed E-state index contributed by atoms with van der Waals surface area (Å²) in [5.74, 6) is -1.13. The fraction of sp³-hybridized carbons (Fsp3) is 0.0909. The van der Waals surface area contributed by atoms with E-state index in [1.165, 1.54) is 30.3 Å². The van der Waals surface area contributed by atoms with Gasteiger partial charge >= 0.3 is 5.97 Å². The maximum absolute atomic E-state index is 12.9. The standard InChI is InChI=1S/C22H20N2O5S/c1-2-29-22(26)18-13-7-8-14-19(18)23-21(25)17-12-6-9-15-20(17)24-30(27,28)16-10-4-3-5-11-16/h3-15,24H,2H2,1H3,(H,23,25). The molecule has 3 aromatic rings. The number of para-hydroxylation sites is 2. The summed E-state index contributed by atoms with van der Waals surface area (Å²) in [5, 5.41) is 2.66. The Hall–Kier alpha value is -3.65. The van der Waals surface area contributed by atoms with Crippen LogP contribution in [0, 0.1) is 0 Å². The molecule has 0 aromatic heterocycles. The van der Waals surface area contributed by atoms with Crippen molar-refractivity contribution in [3.63, 3.8) is 0 Å². The number of amides is 1. The van der Waals surface area contributed by atoms with Crippen molar-refractivity contribution >= 4 is 33.3 Å². The Morgan fingerprint density at radius 3 is 2.03 bits per heavy atom. The van der Waals surface area contributed by atoms with E-state index in [9.17, 15) is 18.0 Å². The number of anilines is 2. The molecule has 0 saturated carbocycles. The summed E-state index contributed by atoms with van der Waals surface area (Å²) in [6.07, 6.45) is 0. The van der Waals surface area contributed by atoms with Crippen molar-refractivity contribution in [1.29, 1.82) is 0 Å². The van der Waals surface area contributed by atoms with Crippen LogP contribution in [-0.2, 0) is 14.8 Å². The smallest absolute Gasteiger partial charge is 0.340 e. The summed E-state index contributed by atoms with van der Waals surface area (Å²) in [6.45, 7) is 1.89. The molecule has 1 amide bonds. The Kier molecular flexibility index (Phi) is 6.48. The van der Waals surface area contributed by atoms with E-state index in [4.69, 9.17) is 4.74 Å². The predicted octanol–water partition coefficient (Wildman–Crippen LogP) is 3.92. The highest BCUT2D eigenvalue weighted by Crippen LogP contribution is 2.23. The first kappa shape index (κ1) is 21.1. The van der Waals surface area contributed by atoms with Crippen LogP contribution >= 0.6 is 0 Å². The third-order valence-electron chi connectivity index (χ3n) is 4.14. The molecule has 0 aliphatic rings. The highest BCUT2D eigenvalue weighted by molar-refractivity contribution is 7.92. The second-order valence-electron chi connectivity index (χ2n) is 6.18. The van der Waals surface area contributed by atoms with Gasteiger partial charge in [0.2, 0.25) is 0 Å². The van der Waals surface area contributed by atoms with Crippen LogP contribution in [-0.4, -0.2) is 26.9 Å². The second kappa shape index (κ2) is 9.23. The summed E-state index contributed by atoms with van der Waals surface area (Å²) < 4.78 is 32.8. The van der Waals surface area contributed by atoms with E-state index in [0.717, 1.165) is 0 Å². The number of nitrogens with one attached hydrogen (secondary N) is 2. The van der Waals surface area contributed by atoms with Gasteiger partial charge in [0.15, 0.2) is 0 Å². The lowest BCUT2D eigenvalue weighted by Gasteiger charge is -2.14. The zero-order valence-electron chi connectivity index (χ0n) is 16.2. The number of carbonyl (C=O) groups is 2. The lowest BCUT2D eigenvalue weighted by atomic mass is 10.1. The third-order valence-corrected chi connectivity index (χ3v) is 5.52. The molecule has 8 heteroatoms. The van der Waals surface area contributed by atoms with Gasteiger partial charge in [0.25, 0.3) is 15.9 Å². The Labute approximate surface area is 174 Å². The molecule has 0 unspecified atom stereocenters. The van der Waals surface area contributed by atoms with E-state index in [-0.39, 0.29) is 34.0 Å². The minimum absolute atomic E-state index is 0.0767. The maximum Gasteiger partial charge on any atom is 0.340 e. The molecular weight excluding hydrogens is 404 g/mol. The highest BCUT2D eigenvalue weighted by Gasteiger charge is 2.20. The zero-order valence-corrected chi connectivity index (χ0v) is 17.0. The van der Waals surface area contributed by atoms with E-state index in [1.807, 2.05) is 0 Å². The van der Waals surface area contributed by atoms with E-state index in [2.05, 4.69) is 10.0 Å². The van der Waals surface area contributed by atoms with Gasteiger partial charge in [-0.1, -0.05) is 42.5 Å². The molecule has 0 fully saturated rings. The third kappa shape index (κ3) is 4.84. The fourth-order valence-corrected chi connectivity index (χ4v) is 3.84. The molecule has 0 aliphatic heterocycles. The van der Waals surface area contributed by atoms with Crippen LogP contribution < -0.4 is 10.0 Å². The minimum Gasteiger partial charge on any atom is -0.462 e. The minimum atomic E-state index is -3.88. The second-order valence-corrected chi connectivity index (χ2v) is 7.87. The summed E-state index contributed by atoms with van der Waals surface area (Å²) in [6, 6.07) is 20.5. The number of esters is 1. The molecule has 0 saturated heterocycles. The van der Waals surface area contributed by atoms with Gasteiger partial charge in [0.1, 0.15) is 0 Å². The van der Waals surface area contributed by atoms with Crippen molar-refractivity contribution in [2.24, 2.45) is 0 Å². The number of benzene rings is 3. The number of hydrogen-bond donors (Lipinski definition) is 2. The number of carbonyl (C=O) groups excluding carboxylic acids is 2. The van der Waals surface area contributed by atoms with Crippen molar-refractivity contribution in [3.8, 4) is 0 Å². The molecule has 0 aliphatic carbocycles. The van der Waals surface area contributed by atoms with Crippen molar-refractivity contribution in [2.75, 3.05) is 16.6 Å². The Morgan fingerprint density at radius 2 is 1.37 bits per heavy atom. The first-order valence-corrected chi connectivity index (χ1v) is 10.6. The Bertz CT molecular complexity index is 1160. The molecule has 3 aromatic carbocycles. The van der Waals surface area contributed by atoms with Crippen LogP contribution in [0.3, 0.4) is 0 Å². The van der Waals surface area contributed by atoms with E-state index in [1.54, 1.807) is 55.5 Å². The lowest BCUT2D eigenvalue weighted by molar-refractivity contribution is 0.0527. The molecule has 0 spiro atoms. The normalized spacial score (nSPS) is 10.8. The van der Waals surface area contributed by atoms with E-state index < -0.39 is 21.9 Å². The quantitative estimate of drug-likeness (QED) is 0.560. The maximum atomic E-state index is 12.9. The molecule has 0 bridgehead atoms. The summed E-state index contributed by atoms with van der Waals surface area (Å²) >= 11 is 0. The largest absolute Gasteiger partial charge is 0.462 e. The Morgan fingerprint density at radius 1 is 0.800 bits per heavy atom. The number of hydrogen-bond acceptors (Lipinski definition) is 5. The number of rotatable bonds is 7. The Balaban J connectivity index is 1.88. The highest BCUT2D eigenvalue weighted by atomic mass is 32.2. The zero-order chi connectivity index (χ0) is 21.6. The summed E-state index contributed by atoms with van der Waals surface area (Å²) in [7, 11) is -3.88. The first-order valence-electron chi connectivity index (χ1n) is 9.17. The molecule has 2 N–H and O–H groups in total. The average molecular weight is 424 g/mol. The molecule has 0 atom stereocenters. The van der Waals surface area contributed by atoms with Gasteiger partial charge in [-0.3, -0.25) is 9.52 Å². The van der Waals surface area contributed by atoms with Crippen molar-refractivity contribution in [1.82, 2.24) is 0 Å². The molecule has 154 valence electrons. The van der Waals surface area contributed by atoms with Crippen molar-refractivity contribution < 1.29 is 22.7 Å². The van der Waals surface area contributed by atoms with Gasteiger partial charge in [0, 0.05) is 0 Å². The van der Waals surface area contributed by atoms with Crippen LogP contribution in [0.4, 0.5) is 11.4 Å². The van der Waals surface area contributed by atoms with Gasteiger partial charge in [-0.05, 0) is 43.3 Å². The van der Waals surface area contributed by atoms with E-state index >= 15 is 0 Å². The average Bonchev–Trinajstić information content (AvgIpc) is 2.75. The SMILES string of the molecule is CCOC(=O)c1ccccc1NC(=O)c1ccccc1NS(=O)(=O)c1ccccc1.